The summed E-state index contributed by atoms with van der Waals surface area (Å²) >= 11 is 0. The summed E-state index contributed by atoms with van der Waals surface area (Å²) in [7, 11) is 2.06. The van der Waals surface area contributed by atoms with Crippen molar-refractivity contribution in [3.05, 3.63) is 71.3 Å². The average molecular weight is 499 g/mol. The van der Waals surface area contributed by atoms with E-state index in [2.05, 4.69) is 24.1 Å². The molecule has 0 amide bonds. The smallest absolute Gasteiger partial charge is 0.302 e. The van der Waals surface area contributed by atoms with Gasteiger partial charge in [-0.15, -0.1) is 0 Å². The predicted octanol–water partition coefficient (Wildman–Crippen LogP) is 7.91. The highest BCUT2D eigenvalue weighted by molar-refractivity contribution is 5.26. The highest BCUT2D eigenvalue weighted by Gasteiger charge is 2.56. The molecule has 0 aromatic heterocycles. The van der Waals surface area contributed by atoms with Crippen molar-refractivity contribution < 1.29 is 26.3 Å². The van der Waals surface area contributed by atoms with E-state index < -0.39 is 42.9 Å². The highest BCUT2D eigenvalue weighted by Crippen LogP contribution is 2.52. The normalized spacial score (nSPS) is 20.6. The molecule has 0 saturated heterocycles. The number of hydrogen-bond acceptors (Lipinski definition) is 2. The molecule has 0 aliphatic heterocycles. The quantitative estimate of drug-likeness (QED) is 0.363. The zero-order valence-electron chi connectivity index (χ0n) is 20.0. The van der Waals surface area contributed by atoms with Gasteiger partial charge in [-0.3, -0.25) is 0 Å². The van der Waals surface area contributed by atoms with Crippen LogP contribution in [0, 0.1) is 23.2 Å². The first-order valence-electron chi connectivity index (χ1n) is 11.7. The van der Waals surface area contributed by atoms with Crippen molar-refractivity contribution in [3.8, 4) is 6.07 Å². The van der Waals surface area contributed by atoms with Crippen molar-refractivity contribution in [3.63, 3.8) is 0 Å². The maximum absolute atomic E-state index is 13.3. The number of alkyl halides is 6. The highest BCUT2D eigenvalue weighted by atomic mass is 19.4. The van der Waals surface area contributed by atoms with E-state index in [1.807, 2.05) is 30.3 Å². The van der Waals surface area contributed by atoms with E-state index in [-0.39, 0.29) is 6.42 Å². The number of nitriles is 1. The Morgan fingerprint density at radius 3 is 1.97 bits per heavy atom. The summed E-state index contributed by atoms with van der Waals surface area (Å²) < 4.78 is 79.2. The van der Waals surface area contributed by atoms with E-state index in [9.17, 15) is 26.3 Å². The lowest BCUT2D eigenvalue weighted by Crippen LogP contribution is -2.42. The minimum Gasteiger partial charge on any atom is -0.302 e. The van der Waals surface area contributed by atoms with Gasteiger partial charge >= 0.3 is 12.4 Å². The van der Waals surface area contributed by atoms with Gasteiger partial charge in [0.05, 0.1) is 17.9 Å². The summed E-state index contributed by atoms with van der Waals surface area (Å²) in [6, 6.07) is 19.3. The number of rotatable bonds is 7. The molecule has 3 rings (SSSR count). The largest absolute Gasteiger partial charge is 0.392 e. The van der Waals surface area contributed by atoms with E-state index in [4.69, 9.17) is 5.26 Å². The van der Waals surface area contributed by atoms with Gasteiger partial charge in [0.2, 0.25) is 0 Å². The molecule has 2 aromatic rings. The van der Waals surface area contributed by atoms with Crippen molar-refractivity contribution in [1.29, 1.82) is 5.26 Å². The molecule has 1 aliphatic rings. The SMILES string of the molecule is CC#N.CN(CCCc1ccc(C2CCC(C(F)(F)F)C(C(F)(F)F)C2)cc1)Cc1ccccc1. The third-order valence-electron chi connectivity index (χ3n) is 6.44. The zero-order valence-corrected chi connectivity index (χ0v) is 20.0. The number of nitrogens with zero attached hydrogens (tertiary/aromatic N) is 2. The first-order valence-corrected chi connectivity index (χ1v) is 11.7. The second-order valence-electron chi connectivity index (χ2n) is 9.10. The molecule has 1 fully saturated rings. The second-order valence-corrected chi connectivity index (χ2v) is 9.10. The molecular weight excluding hydrogens is 466 g/mol. The molecular formula is C27H32F6N2. The van der Waals surface area contributed by atoms with E-state index in [1.165, 1.54) is 12.5 Å². The zero-order chi connectivity index (χ0) is 26.1. The summed E-state index contributed by atoms with van der Waals surface area (Å²) in [6.45, 7) is 3.20. The van der Waals surface area contributed by atoms with Crippen molar-refractivity contribution in [1.82, 2.24) is 4.90 Å². The topological polar surface area (TPSA) is 27.0 Å². The molecule has 192 valence electrons. The number of hydrogen-bond donors (Lipinski definition) is 0. The van der Waals surface area contributed by atoms with Crippen LogP contribution in [0.5, 0.6) is 0 Å². The van der Waals surface area contributed by atoms with Crippen LogP contribution in [-0.2, 0) is 13.0 Å². The number of benzene rings is 2. The van der Waals surface area contributed by atoms with Gasteiger partial charge in [0, 0.05) is 13.5 Å². The van der Waals surface area contributed by atoms with Crippen LogP contribution < -0.4 is 0 Å². The molecule has 2 aromatic carbocycles. The van der Waals surface area contributed by atoms with Crippen LogP contribution in [0.3, 0.4) is 0 Å². The lowest BCUT2D eigenvalue weighted by molar-refractivity contribution is -0.263. The Labute approximate surface area is 203 Å². The standard InChI is InChI=1S/C25H29F6N.C2H3N/c1-32(17-19-6-3-2-4-7-19)15-5-8-18-9-11-20(12-10-18)21-13-14-22(24(26,27)28)23(16-21)25(29,30)31;1-2-3/h2-4,6-7,9-12,21-23H,5,8,13-17H2,1H3;1H3. The van der Waals surface area contributed by atoms with Gasteiger partial charge in [0.1, 0.15) is 0 Å². The molecule has 0 bridgehead atoms. The molecule has 0 heterocycles. The molecule has 2 nitrogen and oxygen atoms in total. The maximum Gasteiger partial charge on any atom is 0.392 e. The van der Waals surface area contributed by atoms with Crippen molar-refractivity contribution in [2.24, 2.45) is 11.8 Å². The lowest BCUT2D eigenvalue weighted by atomic mass is 9.71. The third kappa shape index (κ3) is 9.21. The Bertz CT molecular complexity index is 916. The Balaban J connectivity index is 0.00000137. The van der Waals surface area contributed by atoms with Crippen LogP contribution in [0.4, 0.5) is 26.3 Å². The molecule has 3 atom stereocenters. The molecule has 0 N–H and O–H groups in total. The predicted molar refractivity (Wildman–Crippen MR) is 125 cm³/mol. The van der Waals surface area contributed by atoms with Gasteiger partial charge < -0.3 is 4.90 Å². The summed E-state index contributed by atoms with van der Waals surface area (Å²) in [5.74, 6) is -5.13. The van der Waals surface area contributed by atoms with Crippen molar-refractivity contribution in [2.45, 2.75) is 63.8 Å². The maximum atomic E-state index is 13.3. The monoisotopic (exact) mass is 498 g/mol. The van der Waals surface area contributed by atoms with Gasteiger partial charge in [-0.2, -0.15) is 31.6 Å². The molecule has 1 aliphatic carbocycles. The van der Waals surface area contributed by atoms with Crippen LogP contribution in [0.25, 0.3) is 0 Å². The van der Waals surface area contributed by atoms with Gasteiger partial charge in [0.25, 0.3) is 0 Å². The molecule has 0 spiro atoms. The van der Waals surface area contributed by atoms with Gasteiger partial charge in [-0.05, 0) is 68.3 Å². The Kier molecular flexibility index (Phi) is 10.6. The van der Waals surface area contributed by atoms with Crippen molar-refractivity contribution in [2.75, 3.05) is 13.6 Å². The van der Waals surface area contributed by atoms with Crippen LogP contribution in [-0.4, -0.2) is 30.8 Å². The second kappa shape index (κ2) is 13.0. The Hall–Kier alpha value is -2.53. The minimum atomic E-state index is -4.84. The Morgan fingerprint density at radius 1 is 0.857 bits per heavy atom. The van der Waals surface area contributed by atoms with E-state index in [1.54, 1.807) is 18.2 Å². The molecule has 1 saturated carbocycles. The van der Waals surface area contributed by atoms with E-state index >= 15 is 0 Å². The van der Waals surface area contributed by atoms with Crippen LogP contribution >= 0.6 is 0 Å². The van der Waals surface area contributed by atoms with Gasteiger partial charge in [-0.1, -0.05) is 54.6 Å². The van der Waals surface area contributed by atoms with Gasteiger partial charge in [-0.25, -0.2) is 0 Å². The lowest BCUT2D eigenvalue weighted by Gasteiger charge is -2.38. The third-order valence-corrected chi connectivity index (χ3v) is 6.44. The first-order chi connectivity index (χ1) is 16.5. The average Bonchev–Trinajstić information content (AvgIpc) is 2.79. The van der Waals surface area contributed by atoms with E-state index in [0.717, 1.165) is 31.5 Å². The summed E-state index contributed by atoms with van der Waals surface area (Å²) in [4.78, 5) is 2.24. The summed E-state index contributed by atoms with van der Waals surface area (Å²) in [5.41, 5.74) is 3.03. The number of aryl methyl sites for hydroxylation is 1. The molecule has 3 unspecified atom stereocenters. The first kappa shape index (κ1) is 28.7. The fraction of sp³-hybridized carbons (Fsp3) is 0.519. The minimum absolute atomic E-state index is 0.125. The van der Waals surface area contributed by atoms with Crippen LogP contribution in [0.1, 0.15) is 55.2 Å². The Morgan fingerprint density at radius 2 is 1.43 bits per heavy atom. The van der Waals surface area contributed by atoms with Crippen LogP contribution in [0.15, 0.2) is 54.6 Å². The molecule has 35 heavy (non-hydrogen) atoms. The fourth-order valence-electron chi connectivity index (χ4n) is 4.71. The number of halogens is 6. The fourth-order valence-corrected chi connectivity index (χ4v) is 4.71. The van der Waals surface area contributed by atoms with Crippen molar-refractivity contribution >= 4 is 0 Å². The van der Waals surface area contributed by atoms with Gasteiger partial charge in [0.15, 0.2) is 0 Å². The molecule has 0 radical (unpaired) electrons. The summed E-state index contributed by atoms with van der Waals surface area (Å²) in [5, 5.41) is 7.32. The summed E-state index contributed by atoms with van der Waals surface area (Å²) in [6.07, 6.45) is -8.74. The molecule has 8 heteroatoms. The van der Waals surface area contributed by atoms with Crippen LogP contribution in [0.2, 0.25) is 0 Å². The van der Waals surface area contributed by atoms with E-state index in [0.29, 0.717) is 5.56 Å².